The molecule has 4 heteroatoms. The molecule has 1 unspecified atom stereocenters. The highest BCUT2D eigenvalue weighted by atomic mass is 19.4. The summed E-state index contributed by atoms with van der Waals surface area (Å²) in [5.74, 6) is 0.690. The quantitative estimate of drug-likeness (QED) is 0.814. The van der Waals surface area contributed by atoms with E-state index in [0.717, 1.165) is 18.6 Å². The second-order valence-electron chi connectivity index (χ2n) is 6.14. The predicted octanol–water partition coefficient (Wildman–Crippen LogP) is 4.97. The first kappa shape index (κ1) is 16.3. The van der Waals surface area contributed by atoms with Crippen LogP contribution in [0.2, 0.25) is 0 Å². The first-order valence-corrected chi connectivity index (χ1v) is 7.79. The Bertz CT molecular complexity index is 436. The van der Waals surface area contributed by atoms with E-state index in [1.165, 1.54) is 38.2 Å². The minimum absolute atomic E-state index is 0.302. The van der Waals surface area contributed by atoms with Crippen LogP contribution in [-0.4, -0.2) is 11.2 Å². The number of benzene rings is 1. The van der Waals surface area contributed by atoms with Crippen LogP contribution in [0.4, 0.5) is 13.2 Å². The minimum Gasteiger partial charge on any atom is -0.393 e. The molecule has 0 aromatic heterocycles. The maximum absolute atomic E-state index is 12.6. The molecule has 1 aliphatic rings. The monoisotopic (exact) mass is 300 g/mol. The predicted molar refractivity (Wildman–Crippen MR) is 77.0 cm³/mol. The Hall–Kier alpha value is -1.03. The van der Waals surface area contributed by atoms with E-state index in [2.05, 4.69) is 0 Å². The molecule has 1 nitrogen and oxygen atoms in total. The van der Waals surface area contributed by atoms with E-state index in [-0.39, 0.29) is 0 Å². The minimum atomic E-state index is -4.32. The summed E-state index contributed by atoms with van der Waals surface area (Å²) in [6.45, 7) is 0. The first-order chi connectivity index (χ1) is 9.95. The van der Waals surface area contributed by atoms with Crippen molar-refractivity contribution < 1.29 is 18.3 Å². The molecule has 118 valence electrons. The van der Waals surface area contributed by atoms with Gasteiger partial charge in [-0.1, -0.05) is 50.3 Å². The van der Waals surface area contributed by atoms with Crippen LogP contribution in [0.25, 0.3) is 0 Å². The third kappa shape index (κ3) is 5.34. The highest BCUT2D eigenvalue weighted by Gasteiger charge is 2.30. The number of hydrogen-bond donors (Lipinski definition) is 1. The van der Waals surface area contributed by atoms with Crippen LogP contribution in [0.1, 0.15) is 56.1 Å². The maximum atomic E-state index is 12.6. The molecule has 0 amide bonds. The van der Waals surface area contributed by atoms with Crippen molar-refractivity contribution in [3.8, 4) is 0 Å². The first-order valence-electron chi connectivity index (χ1n) is 7.79. The van der Waals surface area contributed by atoms with E-state index >= 15 is 0 Å². The van der Waals surface area contributed by atoms with E-state index in [4.69, 9.17) is 0 Å². The normalized spacial score (nSPS) is 18.7. The van der Waals surface area contributed by atoms with E-state index < -0.39 is 17.8 Å². The molecule has 0 radical (unpaired) electrons. The van der Waals surface area contributed by atoms with E-state index in [0.29, 0.717) is 24.3 Å². The summed E-state index contributed by atoms with van der Waals surface area (Å²) in [4.78, 5) is 0. The Morgan fingerprint density at radius 3 is 2.52 bits per heavy atom. The van der Waals surface area contributed by atoms with E-state index in [1.54, 1.807) is 6.07 Å². The van der Waals surface area contributed by atoms with Gasteiger partial charge in [0.05, 0.1) is 11.7 Å². The average molecular weight is 300 g/mol. The van der Waals surface area contributed by atoms with Crippen LogP contribution in [0, 0.1) is 5.92 Å². The van der Waals surface area contributed by atoms with Crippen LogP contribution in [0.3, 0.4) is 0 Å². The Morgan fingerprint density at radius 2 is 1.86 bits per heavy atom. The van der Waals surface area contributed by atoms with Crippen LogP contribution >= 0.6 is 0 Å². The van der Waals surface area contributed by atoms with Gasteiger partial charge in [-0.3, -0.25) is 0 Å². The molecule has 21 heavy (non-hydrogen) atoms. The zero-order chi connectivity index (χ0) is 15.3. The Kier molecular flexibility index (Phi) is 5.68. The summed E-state index contributed by atoms with van der Waals surface area (Å²) >= 11 is 0. The molecule has 1 aromatic rings. The van der Waals surface area contributed by atoms with Crippen molar-refractivity contribution in [2.75, 3.05) is 0 Å². The third-order valence-electron chi connectivity index (χ3n) is 4.36. The molecule has 1 aromatic carbocycles. The molecule has 0 bridgehead atoms. The van der Waals surface area contributed by atoms with Gasteiger partial charge < -0.3 is 5.11 Å². The molecule has 1 atom stereocenters. The zero-order valence-electron chi connectivity index (χ0n) is 12.2. The van der Waals surface area contributed by atoms with Crippen molar-refractivity contribution in [1.82, 2.24) is 0 Å². The van der Waals surface area contributed by atoms with Crippen molar-refractivity contribution in [2.24, 2.45) is 5.92 Å². The lowest BCUT2D eigenvalue weighted by molar-refractivity contribution is -0.137. The molecule has 0 heterocycles. The Balaban J connectivity index is 1.83. The molecule has 0 saturated heterocycles. The third-order valence-corrected chi connectivity index (χ3v) is 4.36. The van der Waals surface area contributed by atoms with Gasteiger partial charge in [0.25, 0.3) is 0 Å². The van der Waals surface area contributed by atoms with Crippen molar-refractivity contribution in [1.29, 1.82) is 0 Å². The van der Waals surface area contributed by atoms with Crippen molar-refractivity contribution in [3.63, 3.8) is 0 Å². The van der Waals surface area contributed by atoms with Gasteiger partial charge >= 0.3 is 6.18 Å². The van der Waals surface area contributed by atoms with Crippen LogP contribution in [-0.2, 0) is 12.6 Å². The van der Waals surface area contributed by atoms with Gasteiger partial charge in [-0.05, 0) is 36.8 Å². The highest BCUT2D eigenvalue weighted by molar-refractivity contribution is 5.26. The SMILES string of the molecule is OC(CCC1CCCCC1)Cc1cccc(C(F)(F)F)c1. The summed E-state index contributed by atoms with van der Waals surface area (Å²) < 4.78 is 37.9. The average Bonchev–Trinajstić information content (AvgIpc) is 2.46. The maximum Gasteiger partial charge on any atom is 0.416 e. The number of hydrogen-bond acceptors (Lipinski definition) is 1. The molecule has 1 fully saturated rings. The largest absolute Gasteiger partial charge is 0.416 e. The molecule has 0 aliphatic heterocycles. The second-order valence-corrected chi connectivity index (χ2v) is 6.14. The second kappa shape index (κ2) is 7.30. The number of aliphatic hydroxyl groups excluding tert-OH is 1. The topological polar surface area (TPSA) is 20.2 Å². The molecule has 1 saturated carbocycles. The standard InChI is InChI=1S/C17H23F3O/c18-17(19,20)15-8-4-7-14(11-15)12-16(21)10-9-13-5-2-1-3-6-13/h4,7-8,11,13,16,21H,1-3,5-6,9-10,12H2. The number of aliphatic hydroxyl groups is 1. The van der Waals surface area contributed by atoms with Crippen molar-refractivity contribution in [2.45, 2.75) is 63.6 Å². The smallest absolute Gasteiger partial charge is 0.393 e. The summed E-state index contributed by atoms with van der Waals surface area (Å²) in [6.07, 6.45) is 3.43. The van der Waals surface area contributed by atoms with Gasteiger partial charge in [0, 0.05) is 0 Å². The lowest BCUT2D eigenvalue weighted by Crippen LogP contribution is -2.15. The van der Waals surface area contributed by atoms with Gasteiger partial charge in [0.1, 0.15) is 0 Å². The summed E-state index contributed by atoms with van der Waals surface area (Å²) in [7, 11) is 0. The number of rotatable bonds is 5. The fourth-order valence-electron chi connectivity index (χ4n) is 3.15. The molecule has 0 spiro atoms. The molecular weight excluding hydrogens is 277 g/mol. The molecule has 1 aliphatic carbocycles. The number of alkyl halides is 3. The Labute approximate surface area is 124 Å². The van der Waals surface area contributed by atoms with Crippen LogP contribution in [0.5, 0.6) is 0 Å². The van der Waals surface area contributed by atoms with Crippen molar-refractivity contribution in [3.05, 3.63) is 35.4 Å². The summed E-state index contributed by atoms with van der Waals surface area (Å²) in [5.41, 5.74) is -0.0829. The Morgan fingerprint density at radius 1 is 1.14 bits per heavy atom. The highest BCUT2D eigenvalue weighted by Crippen LogP contribution is 2.30. The molecular formula is C17H23F3O. The fraction of sp³-hybridized carbons (Fsp3) is 0.647. The fourth-order valence-corrected chi connectivity index (χ4v) is 3.15. The van der Waals surface area contributed by atoms with E-state index in [9.17, 15) is 18.3 Å². The van der Waals surface area contributed by atoms with Crippen molar-refractivity contribution >= 4 is 0 Å². The zero-order valence-corrected chi connectivity index (χ0v) is 12.2. The van der Waals surface area contributed by atoms with Crippen LogP contribution in [0.15, 0.2) is 24.3 Å². The van der Waals surface area contributed by atoms with Gasteiger partial charge in [-0.15, -0.1) is 0 Å². The van der Waals surface area contributed by atoms with Gasteiger partial charge in [0.2, 0.25) is 0 Å². The van der Waals surface area contributed by atoms with Crippen LogP contribution < -0.4 is 0 Å². The molecule has 2 rings (SSSR count). The molecule has 1 N–H and O–H groups in total. The summed E-state index contributed by atoms with van der Waals surface area (Å²) in [5, 5.41) is 10.0. The lowest BCUT2D eigenvalue weighted by atomic mass is 9.85. The number of halogens is 3. The lowest BCUT2D eigenvalue weighted by Gasteiger charge is -2.22. The van der Waals surface area contributed by atoms with Gasteiger partial charge in [0.15, 0.2) is 0 Å². The van der Waals surface area contributed by atoms with Gasteiger partial charge in [-0.2, -0.15) is 13.2 Å². The van der Waals surface area contributed by atoms with E-state index in [1.807, 2.05) is 0 Å². The summed E-state index contributed by atoms with van der Waals surface area (Å²) in [6, 6.07) is 5.27. The van der Waals surface area contributed by atoms with Gasteiger partial charge in [-0.25, -0.2) is 0 Å².